The number of piperidine rings is 1. The molecule has 0 radical (unpaired) electrons. The van der Waals surface area contributed by atoms with Gasteiger partial charge in [0.1, 0.15) is 6.61 Å². The third kappa shape index (κ3) is 7.72. The fourth-order valence-electron chi connectivity index (χ4n) is 3.95. The first-order valence-electron chi connectivity index (χ1n) is 10.3. The van der Waals surface area contributed by atoms with Crippen LogP contribution in [0.1, 0.15) is 24.8 Å². The summed E-state index contributed by atoms with van der Waals surface area (Å²) in [5.41, 5.74) is 1.22. The molecule has 32 heavy (non-hydrogen) atoms. The van der Waals surface area contributed by atoms with Crippen LogP contribution in [0.4, 0.5) is 13.2 Å². The number of carboxylic acid groups (broad SMARTS) is 1. The Morgan fingerprint density at radius 1 is 1.41 bits per heavy atom. The van der Waals surface area contributed by atoms with Crippen molar-refractivity contribution in [1.82, 2.24) is 14.8 Å². The van der Waals surface area contributed by atoms with Crippen molar-refractivity contribution in [2.24, 2.45) is 5.41 Å². The lowest BCUT2D eigenvalue weighted by Crippen LogP contribution is -2.56. The number of ether oxygens (including phenoxy) is 2. The first kappa shape index (κ1) is 26.0. The van der Waals surface area contributed by atoms with Crippen molar-refractivity contribution in [3.8, 4) is 0 Å². The number of carbonyl (C=O) groups is 2. The standard InChI is InChI=1S/C19H29N3O3.C2HF3O2/c1-21(2)18(23)13-24-15-19-7-4-10-25-17(19)6-9-22(14-19)12-16-5-3-8-20-11-16;3-2(4,5)1(6)7/h3,5,8,11,17H,4,6-7,9-10,12-15H2,1-2H3;(H,6,7). The van der Waals surface area contributed by atoms with Crippen LogP contribution in [0.5, 0.6) is 0 Å². The SMILES string of the molecule is CN(C)C(=O)COCC12CCCOC1CCN(Cc1cccnc1)C2.O=C(O)C(F)(F)F. The van der Waals surface area contributed by atoms with Crippen molar-refractivity contribution >= 4 is 11.9 Å². The molecule has 1 amide bonds. The summed E-state index contributed by atoms with van der Waals surface area (Å²) in [5, 5.41) is 7.12. The van der Waals surface area contributed by atoms with E-state index in [4.69, 9.17) is 19.4 Å². The number of alkyl halides is 3. The number of aromatic nitrogens is 1. The molecule has 1 aromatic rings. The van der Waals surface area contributed by atoms with Crippen molar-refractivity contribution in [2.45, 2.75) is 38.1 Å². The number of halogens is 3. The van der Waals surface area contributed by atoms with Gasteiger partial charge in [0, 0.05) is 58.1 Å². The van der Waals surface area contributed by atoms with Gasteiger partial charge >= 0.3 is 12.1 Å². The second-order valence-corrected chi connectivity index (χ2v) is 8.27. The number of likely N-dealkylation sites (N-methyl/N-ethyl adjacent to an activating group) is 1. The van der Waals surface area contributed by atoms with Gasteiger partial charge in [-0.2, -0.15) is 13.2 Å². The number of nitrogens with zero attached hydrogens (tertiary/aromatic N) is 3. The fourth-order valence-corrected chi connectivity index (χ4v) is 3.95. The van der Waals surface area contributed by atoms with Crippen LogP contribution >= 0.6 is 0 Å². The van der Waals surface area contributed by atoms with E-state index < -0.39 is 12.1 Å². The lowest BCUT2D eigenvalue weighted by Gasteiger charge is -2.50. The summed E-state index contributed by atoms with van der Waals surface area (Å²) < 4.78 is 43.7. The Kier molecular flexibility index (Phi) is 9.41. The van der Waals surface area contributed by atoms with E-state index in [0.29, 0.717) is 6.61 Å². The van der Waals surface area contributed by atoms with Crippen LogP contribution in [0.3, 0.4) is 0 Å². The highest BCUT2D eigenvalue weighted by Gasteiger charge is 2.46. The summed E-state index contributed by atoms with van der Waals surface area (Å²) in [7, 11) is 3.51. The molecular weight excluding hydrogens is 431 g/mol. The Morgan fingerprint density at radius 3 is 2.72 bits per heavy atom. The fraction of sp³-hybridized carbons (Fsp3) is 0.667. The predicted molar refractivity (Wildman–Crippen MR) is 109 cm³/mol. The van der Waals surface area contributed by atoms with E-state index in [0.717, 1.165) is 45.5 Å². The highest BCUT2D eigenvalue weighted by atomic mass is 19.4. The average molecular weight is 461 g/mol. The Balaban J connectivity index is 0.000000451. The van der Waals surface area contributed by atoms with Gasteiger partial charge in [-0.3, -0.25) is 14.7 Å². The lowest BCUT2D eigenvalue weighted by molar-refractivity contribution is -0.192. The molecule has 180 valence electrons. The summed E-state index contributed by atoms with van der Waals surface area (Å²) in [4.78, 5) is 29.0. The first-order valence-corrected chi connectivity index (χ1v) is 10.3. The van der Waals surface area contributed by atoms with Crippen molar-refractivity contribution in [3.05, 3.63) is 30.1 Å². The van der Waals surface area contributed by atoms with Gasteiger partial charge in [0.2, 0.25) is 5.91 Å². The van der Waals surface area contributed by atoms with E-state index >= 15 is 0 Å². The molecule has 1 N–H and O–H groups in total. The van der Waals surface area contributed by atoms with E-state index in [1.165, 1.54) is 5.56 Å². The Bertz CT molecular complexity index is 748. The number of rotatable bonds is 6. The number of fused-ring (bicyclic) bond motifs is 1. The van der Waals surface area contributed by atoms with E-state index in [1.807, 2.05) is 18.5 Å². The molecule has 0 saturated carbocycles. The second kappa shape index (κ2) is 11.6. The minimum absolute atomic E-state index is 0.00713. The van der Waals surface area contributed by atoms with E-state index in [9.17, 15) is 18.0 Å². The molecule has 2 atom stereocenters. The summed E-state index contributed by atoms with van der Waals surface area (Å²) >= 11 is 0. The van der Waals surface area contributed by atoms with E-state index in [1.54, 1.807) is 19.0 Å². The molecule has 8 nitrogen and oxygen atoms in total. The zero-order valence-electron chi connectivity index (χ0n) is 18.3. The molecule has 1 aromatic heterocycles. The third-order valence-corrected chi connectivity index (χ3v) is 5.55. The zero-order chi connectivity index (χ0) is 23.8. The zero-order valence-corrected chi connectivity index (χ0v) is 18.3. The average Bonchev–Trinajstić information content (AvgIpc) is 2.74. The molecule has 3 heterocycles. The van der Waals surface area contributed by atoms with Gasteiger partial charge < -0.3 is 19.5 Å². The highest BCUT2D eigenvalue weighted by Crippen LogP contribution is 2.40. The van der Waals surface area contributed by atoms with Gasteiger partial charge in [-0.05, 0) is 30.9 Å². The Morgan fingerprint density at radius 2 is 2.12 bits per heavy atom. The van der Waals surface area contributed by atoms with Crippen molar-refractivity contribution < 1.29 is 37.3 Å². The molecule has 0 spiro atoms. The summed E-state index contributed by atoms with van der Waals surface area (Å²) in [6.45, 7) is 4.44. The number of amides is 1. The number of hydrogen-bond acceptors (Lipinski definition) is 6. The van der Waals surface area contributed by atoms with Crippen LogP contribution in [0.2, 0.25) is 0 Å². The van der Waals surface area contributed by atoms with Crippen molar-refractivity contribution in [2.75, 3.05) is 47.0 Å². The summed E-state index contributed by atoms with van der Waals surface area (Å²) in [6, 6.07) is 4.10. The minimum Gasteiger partial charge on any atom is -0.475 e. The predicted octanol–water partition coefficient (Wildman–Crippen LogP) is 2.19. The van der Waals surface area contributed by atoms with Crippen molar-refractivity contribution in [3.63, 3.8) is 0 Å². The molecule has 2 unspecified atom stereocenters. The number of carbonyl (C=O) groups excluding carboxylic acids is 1. The summed E-state index contributed by atoms with van der Waals surface area (Å²) in [6.07, 6.45) is 2.07. The maximum atomic E-state index is 11.8. The highest BCUT2D eigenvalue weighted by molar-refractivity contribution is 5.76. The van der Waals surface area contributed by atoms with Gasteiger partial charge in [0.15, 0.2) is 0 Å². The lowest BCUT2D eigenvalue weighted by atomic mass is 9.73. The largest absolute Gasteiger partial charge is 0.490 e. The van der Waals surface area contributed by atoms with Crippen molar-refractivity contribution in [1.29, 1.82) is 0 Å². The number of aliphatic carboxylic acids is 1. The second-order valence-electron chi connectivity index (χ2n) is 8.27. The monoisotopic (exact) mass is 461 g/mol. The number of likely N-dealkylation sites (tertiary alicyclic amines) is 1. The molecule has 0 aromatic carbocycles. The maximum absolute atomic E-state index is 11.8. The van der Waals surface area contributed by atoms with Crippen LogP contribution < -0.4 is 0 Å². The smallest absolute Gasteiger partial charge is 0.475 e. The molecule has 2 saturated heterocycles. The van der Waals surface area contributed by atoms with Crippen LogP contribution in [0.15, 0.2) is 24.5 Å². The van der Waals surface area contributed by atoms with E-state index in [-0.39, 0.29) is 24.0 Å². The number of pyridine rings is 1. The third-order valence-electron chi connectivity index (χ3n) is 5.55. The van der Waals surface area contributed by atoms with Gasteiger partial charge in [-0.25, -0.2) is 4.79 Å². The molecule has 2 aliphatic rings. The molecule has 0 bridgehead atoms. The Hall–Kier alpha value is -2.24. The van der Waals surface area contributed by atoms with Crippen LogP contribution in [-0.4, -0.2) is 91.1 Å². The first-order chi connectivity index (χ1) is 15.0. The van der Waals surface area contributed by atoms with Gasteiger partial charge in [0.25, 0.3) is 0 Å². The molecule has 3 rings (SSSR count). The van der Waals surface area contributed by atoms with Gasteiger partial charge in [0.05, 0.1) is 12.7 Å². The molecule has 11 heteroatoms. The maximum Gasteiger partial charge on any atom is 0.490 e. The topological polar surface area (TPSA) is 92.2 Å². The van der Waals surface area contributed by atoms with Gasteiger partial charge in [-0.1, -0.05) is 6.07 Å². The number of carboxylic acids is 1. The van der Waals surface area contributed by atoms with E-state index in [2.05, 4.69) is 16.0 Å². The Labute approximate surface area is 185 Å². The van der Waals surface area contributed by atoms with Crippen LogP contribution in [0, 0.1) is 5.41 Å². The molecule has 0 aliphatic carbocycles. The van der Waals surface area contributed by atoms with Gasteiger partial charge in [-0.15, -0.1) is 0 Å². The quantitative estimate of drug-likeness (QED) is 0.694. The molecule has 2 fully saturated rings. The normalized spacial score (nSPS) is 23.5. The molecule has 2 aliphatic heterocycles. The minimum atomic E-state index is -5.08. The van der Waals surface area contributed by atoms with Crippen LogP contribution in [-0.2, 0) is 25.6 Å². The molecular formula is C21H30F3N3O5. The van der Waals surface area contributed by atoms with Crippen LogP contribution in [0.25, 0.3) is 0 Å². The summed E-state index contributed by atoms with van der Waals surface area (Å²) in [5.74, 6) is -2.75. The number of hydrogen-bond donors (Lipinski definition) is 1.